The Hall–Kier alpha value is -2.45. The molecule has 8 heteroatoms. The molecule has 2 aromatic carbocycles. The maximum absolute atomic E-state index is 13.2. The van der Waals surface area contributed by atoms with Crippen molar-refractivity contribution in [3.05, 3.63) is 81.9 Å². The van der Waals surface area contributed by atoms with Crippen LogP contribution in [0.3, 0.4) is 0 Å². The van der Waals surface area contributed by atoms with Crippen LogP contribution in [0.2, 0.25) is 5.15 Å². The number of rotatable bonds is 9. The predicted octanol–water partition coefficient (Wildman–Crippen LogP) is 4.20. The molecule has 1 aromatic heterocycles. The van der Waals surface area contributed by atoms with Crippen LogP contribution in [0.15, 0.2) is 48.5 Å². The molecule has 176 valence electrons. The molecule has 0 amide bonds. The van der Waals surface area contributed by atoms with E-state index in [0.717, 1.165) is 55.4 Å². The Balaban J connectivity index is 1.44. The Morgan fingerprint density at radius 2 is 1.82 bits per heavy atom. The van der Waals surface area contributed by atoms with Gasteiger partial charge in [0.1, 0.15) is 16.7 Å². The van der Waals surface area contributed by atoms with Crippen LogP contribution in [0.5, 0.6) is 5.75 Å². The number of methoxy groups -OCH3 is 1. The van der Waals surface area contributed by atoms with E-state index >= 15 is 0 Å². The van der Waals surface area contributed by atoms with Crippen molar-refractivity contribution in [1.82, 2.24) is 20.0 Å². The first kappa shape index (κ1) is 23.7. The number of morpholine rings is 1. The molecule has 1 fully saturated rings. The molecule has 0 aliphatic carbocycles. The first-order valence-electron chi connectivity index (χ1n) is 11.2. The van der Waals surface area contributed by atoms with E-state index in [-0.39, 0.29) is 11.9 Å². The van der Waals surface area contributed by atoms with Crippen LogP contribution in [-0.4, -0.2) is 54.6 Å². The van der Waals surface area contributed by atoms with Crippen LogP contribution in [0.1, 0.15) is 28.4 Å². The average molecular weight is 473 g/mol. The second kappa shape index (κ2) is 11.1. The summed E-state index contributed by atoms with van der Waals surface area (Å²) in [4.78, 5) is 2.45. The van der Waals surface area contributed by atoms with E-state index in [1.807, 2.05) is 19.1 Å². The van der Waals surface area contributed by atoms with Crippen molar-refractivity contribution in [2.75, 3.05) is 40.0 Å². The molecule has 3 aromatic rings. The third kappa shape index (κ3) is 5.92. The fourth-order valence-electron chi connectivity index (χ4n) is 4.17. The lowest BCUT2D eigenvalue weighted by Gasteiger charge is -2.35. The summed E-state index contributed by atoms with van der Waals surface area (Å²) < 4.78 is 25.8. The van der Waals surface area contributed by atoms with E-state index in [4.69, 9.17) is 21.1 Å². The van der Waals surface area contributed by atoms with Gasteiger partial charge in [0.25, 0.3) is 0 Å². The van der Waals surface area contributed by atoms with Crippen LogP contribution in [0.25, 0.3) is 0 Å². The first-order chi connectivity index (χ1) is 16.0. The molecule has 0 saturated carbocycles. The topological polar surface area (TPSA) is 51.5 Å². The SMILES string of the molecule is COc1ccc(C(CNCc2c(C)nn(Cc3ccc(F)cc3)c2Cl)N2CCOCC2)cc1. The highest BCUT2D eigenvalue weighted by atomic mass is 35.5. The molecule has 0 bridgehead atoms. The summed E-state index contributed by atoms with van der Waals surface area (Å²) in [6.07, 6.45) is 0. The maximum Gasteiger partial charge on any atom is 0.132 e. The van der Waals surface area contributed by atoms with E-state index in [1.165, 1.54) is 17.7 Å². The van der Waals surface area contributed by atoms with Crippen LogP contribution in [0.4, 0.5) is 4.39 Å². The molecule has 1 aliphatic rings. The van der Waals surface area contributed by atoms with Gasteiger partial charge in [0.05, 0.1) is 32.6 Å². The van der Waals surface area contributed by atoms with Gasteiger partial charge in [0.15, 0.2) is 0 Å². The van der Waals surface area contributed by atoms with Gasteiger partial charge in [-0.15, -0.1) is 0 Å². The van der Waals surface area contributed by atoms with Crippen molar-refractivity contribution < 1.29 is 13.9 Å². The number of aromatic nitrogens is 2. The molecule has 4 rings (SSSR count). The number of nitrogens with zero attached hydrogens (tertiary/aromatic N) is 3. The number of hydrogen-bond donors (Lipinski definition) is 1. The van der Waals surface area contributed by atoms with Gasteiger partial charge >= 0.3 is 0 Å². The van der Waals surface area contributed by atoms with E-state index in [0.29, 0.717) is 18.2 Å². The number of hydrogen-bond acceptors (Lipinski definition) is 5. The number of ether oxygens (including phenoxy) is 2. The fourth-order valence-corrected chi connectivity index (χ4v) is 4.47. The summed E-state index contributed by atoms with van der Waals surface area (Å²) in [5.74, 6) is 0.599. The van der Waals surface area contributed by atoms with Gasteiger partial charge in [0, 0.05) is 37.8 Å². The lowest BCUT2D eigenvalue weighted by Crippen LogP contribution is -2.42. The molecule has 33 heavy (non-hydrogen) atoms. The number of halogens is 2. The molecule has 1 aliphatic heterocycles. The summed E-state index contributed by atoms with van der Waals surface area (Å²) in [6.45, 7) is 7.13. The third-order valence-corrected chi connectivity index (χ3v) is 6.48. The summed E-state index contributed by atoms with van der Waals surface area (Å²) in [5, 5.41) is 8.80. The molecular formula is C25H30ClFN4O2. The largest absolute Gasteiger partial charge is 0.497 e. The van der Waals surface area contributed by atoms with E-state index in [1.54, 1.807) is 23.9 Å². The zero-order valence-electron chi connectivity index (χ0n) is 19.1. The lowest BCUT2D eigenvalue weighted by molar-refractivity contribution is 0.0161. The van der Waals surface area contributed by atoms with Gasteiger partial charge in [-0.3, -0.25) is 4.90 Å². The second-order valence-electron chi connectivity index (χ2n) is 8.21. The highest BCUT2D eigenvalue weighted by Crippen LogP contribution is 2.25. The minimum absolute atomic E-state index is 0.216. The van der Waals surface area contributed by atoms with Gasteiger partial charge < -0.3 is 14.8 Å². The van der Waals surface area contributed by atoms with Crippen LogP contribution >= 0.6 is 11.6 Å². The zero-order chi connectivity index (χ0) is 23.2. The van der Waals surface area contributed by atoms with Gasteiger partial charge in [-0.05, 0) is 42.3 Å². The predicted molar refractivity (Wildman–Crippen MR) is 127 cm³/mol. The van der Waals surface area contributed by atoms with E-state index in [2.05, 4.69) is 27.4 Å². The lowest BCUT2D eigenvalue weighted by atomic mass is 10.0. The van der Waals surface area contributed by atoms with Gasteiger partial charge in [-0.1, -0.05) is 35.9 Å². The number of aryl methyl sites for hydroxylation is 1. The molecule has 1 atom stereocenters. The van der Waals surface area contributed by atoms with Crippen molar-refractivity contribution in [3.8, 4) is 5.75 Å². The Morgan fingerprint density at radius 1 is 1.12 bits per heavy atom. The minimum atomic E-state index is -0.252. The minimum Gasteiger partial charge on any atom is -0.497 e. The fraction of sp³-hybridized carbons (Fsp3) is 0.400. The van der Waals surface area contributed by atoms with Crippen molar-refractivity contribution in [3.63, 3.8) is 0 Å². The smallest absolute Gasteiger partial charge is 0.132 e. The normalized spacial score (nSPS) is 15.5. The van der Waals surface area contributed by atoms with Gasteiger partial charge in [-0.2, -0.15) is 5.10 Å². The summed E-state index contributed by atoms with van der Waals surface area (Å²) in [7, 11) is 1.68. The number of benzene rings is 2. The zero-order valence-corrected chi connectivity index (χ0v) is 19.8. The molecule has 0 spiro atoms. The highest BCUT2D eigenvalue weighted by molar-refractivity contribution is 6.30. The number of nitrogens with one attached hydrogen (secondary N) is 1. The van der Waals surface area contributed by atoms with Crippen molar-refractivity contribution in [1.29, 1.82) is 0 Å². The van der Waals surface area contributed by atoms with Crippen molar-refractivity contribution in [2.24, 2.45) is 0 Å². The molecule has 6 nitrogen and oxygen atoms in total. The molecular weight excluding hydrogens is 443 g/mol. The van der Waals surface area contributed by atoms with Crippen LogP contribution < -0.4 is 10.1 Å². The Kier molecular flexibility index (Phi) is 7.98. The van der Waals surface area contributed by atoms with Crippen LogP contribution in [0, 0.1) is 12.7 Å². The monoisotopic (exact) mass is 472 g/mol. The Bertz CT molecular complexity index is 1030. The third-order valence-electron chi connectivity index (χ3n) is 6.06. The molecule has 1 saturated heterocycles. The quantitative estimate of drug-likeness (QED) is 0.505. The standard InChI is InChI=1S/C25H30ClFN4O2/c1-18-23(25(26)31(29-18)17-19-3-7-21(27)8-4-19)15-28-16-24(30-11-13-33-14-12-30)20-5-9-22(32-2)10-6-20/h3-10,24,28H,11-17H2,1-2H3. The summed E-state index contributed by atoms with van der Waals surface area (Å²) in [6, 6.07) is 14.9. The summed E-state index contributed by atoms with van der Waals surface area (Å²) >= 11 is 6.67. The average Bonchev–Trinajstić information content (AvgIpc) is 3.11. The van der Waals surface area contributed by atoms with Gasteiger partial charge in [0.2, 0.25) is 0 Å². The van der Waals surface area contributed by atoms with E-state index in [9.17, 15) is 4.39 Å². The Labute approximate surface area is 199 Å². The van der Waals surface area contributed by atoms with E-state index < -0.39 is 0 Å². The Morgan fingerprint density at radius 3 is 2.48 bits per heavy atom. The highest BCUT2D eigenvalue weighted by Gasteiger charge is 2.23. The molecule has 1 unspecified atom stereocenters. The van der Waals surface area contributed by atoms with Crippen molar-refractivity contribution in [2.45, 2.75) is 26.1 Å². The summed E-state index contributed by atoms with van der Waals surface area (Å²) in [5.41, 5.74) is 4.06. The first-order valence-corrected chi connectivity index (χ1v) is 11.6. The molecule has 0 radical (unpaired) electrons. The van der Waals surface area contributed by atoms with Crippen molar-refractivity contribution >= 4 is 11.6 Å². The van der Waals surface area contributed by atoms with Crippen LogP contribution in [-0.2, 0) is 17.8 Å². The van der Waals surface area contributed by atoms with Gasteiger partial charge in [-0.25, -0.2) is 9.07 Å². The molecule has 1 N–H and O–H groups in total. The maximum atomic E-state index is 13.2. The molecule has 2 heterocycles. The second-order valence-corrected chi connectivity index (χ2v) is 8.57.